The molecule has 14 heavy (non-hydrogen) atoms. The molecule has 0 heterocycles. The number of benzene rings is 1. The molecule has 0 saturated heterocycles. The smallest absolute Gasteiger partial charge is 0.122 e. The second-order valence-corrected chi connectivity index (χ2v) is 3.35. The standard InChI is InChI=1S/C10H13NO2S/c1-12-8-3-4-9(13-2)7(5-8)6-10(11)14/h3-5H,6H2,1-2H3,(H2,11,14). The highest BCUT2D eigenvalue weighted by atomic mass is 32.1. The molecular formula is C10H13NO2S. The molecule has 0 aliphatic heterocycles. The molecule has 0 unspecified atom stereocenters. The second kappa shape index (κ2) is 4.81. The Morgan fingerprint density at radius 1 is 1.36 bits per heavy atom. The molecule has 1 aromatic carbocycles. The van der Waals surface area contributed by atoms with E-state index in [0.717, 1.165) is 17.1 Å². The van der Waals surface area contributed by atoms with Gasteiger partial charge in [0.1, 0.15) is 11.5 Å². The van der Waals surface area contributed by atoms with Gasteiger partial charge in [-0.15, -0.1) is 0 Å². The van der Waals surface area contributed by atoms with E-state index in [0.29, 0.717) is 11.4 Å². The van der Waals surface area contributed by atoms with E-state index >= 15 is 0 Å². The Labute approximate surface area is 88.8 Å². The lowest BCUT2D eigenvalue weighted by molar-refractivity contribution is 0.400. The molecule has 0 aromatic heterocycles. The molecule has 3 nitrogen and oxygen atoms in total. The van der Waals surface area contributed by atoms with Crippen molar-refractivity contribution >= 4 is 17.2 Å². The van der Waals surface area contributed by atoms with Crippen LogP contribution < -0.4 is 15.2 Å². The van der Waals surface area contributed by atoms with Gasteiger partial charge in [0.2, 0.25) is 0 Å². The van der Waals surface area contributed by atoms with Gasteiger partial charge in [-0.2, -0.15) is 0 Å². The fourth-order valence-electron chi connectivity index (χ4n) is 1.21. The maximum Gasteiger partial charge on any atom is 0.122 e. The van der Waals surface area contributed by atoms with Gasteiger partial charge in [-0.3, -0.25) is 0 Å². The molecule has 1 aromatic rings. The van der Waals surface area contributed by atoms with E-state index in [9.17, 15) is 0 Å². The summed E-state index contributed by atoms with van der Waals surface area (Å²) in [6.07, 6.45) is 0.524. The molecule has 0 aliphatic rings. The van der Waals surface area contributed by atoms with Crippen LogP contribution in [0.3, 0.4) is 0 Å². The van der Waals surface area contributed by atoms with Gasteiger partial charge in [0, 0.05) is 12.0 Å². The summed E-state index contributed by atoms with van der Waals surface area (Å²) in [5, 5.41) is 0. The number of methoxy groups -OCH3 is 2. The number of rotatable bonds is 4. The Kier molecular flexibility index (Phi) is 3.71. The van der Waals surface area contributed by atoms with Crippen LogP contribution in [0.25, 0.3) is 0 Å². The van der Waals surface area contributed by atoms with Gasteiger partial charge in [0.05, 0.1) is 19.2 Å². The Morgan fingerprint density at radius 3 is 2.57 bits per heavy atom. The third kappa shape index (κ3) is 2.60. The summed E-state index contributed by atoms with van der Waals surface area (Å²) in [6, 6.07) is 5.55. The fourth-order valence-corrected chi connectivity index (χ4v) is 1.36. The van der Waals surface area contributed by atoms with Crippen LogP contribution in [0.5, 0.6) is 11.5 Å². The van der Waals surface area contributed by atoms with Gasteiger partial charge in [0.25, 0.3) is 0 Å². The summed E-state index contributed by atoms with van der Waals surface area (Å²) >= 11 is 4.85. The summed E-state index contributed by atoms with van der Waals surface area (Å²) in [5.74, 6) is 1.55. The number of nitrogens with two attached hydrogens (primary N) is 1. The molecule has 0 bridgehead atoms. The van der Waals surface area contributed by atoms with Crippen molar-refractivity contribution in [2.75, 3.05) is 14.2 Å². The third-order valence-corrected chi connectivity index (χ3v) is 2.00. The summed E-state index contributed by atoms with van der Waals surface area (Å²) < 4.78 is 10.3. The quantitative estimate of drug-likeness (QED) is 0.767. The number of hydrogen-bond acceptors (Lipinski definition) is 3. The lowest BCUT2D eigenvalue weighted by atomic mass is 10.1. The normalized spacial score (nSPS) is 9.57. The molecule has 4 heteroatoms. The highest BCUT2D eigenvalue weighted by Crippen LogP contribution is 2.24. The highest BCUT2D eigenvalue weighted by molar-refractivity contribution is 7.80. The summed E-state index contributed by atoms with van der Waals surface area (Å²) in [7, 11) is 3.23. The van der Waals surface area contributed by atoms with Gasteiger partial charge in [0.15, 0.2) is 0 Å². The largest absolute Gasteiger partial charge is 0.497 e. The van der Waals surface area contributed by atoms with E-state index in [1.54, 1.807) is 14.2 Å². The van der Waals surface area contributed by atoms with E-state index in [-0.39, 0.29) is 0 Å². The first-order chi connectivity index (χ1) is 6.67. The fraction of sp³-hybridized carbons (Fsp3) is 0.300. The predicted molar refractivity (Wildman–Crippen MR) is 60.0 cm³/mol. The molecule has 0 atom stereocenters. The van der Waals surface area contributed by atoms with Crippen molar-refractivity contribution in [2.45, 2.75) is 6.42 Å². The van der Waals surface area contributed by atoms with Crippen LogP contribution in [0.15, 0.2) is 18.2 Å². The van der Waals surface area contributed by atoms with Gasteiger partial charge in [-0.25, -0.2) is 0 Å². The molecule has 0 saturated carbocycles. The Morgan fingerprint density at radius 2 is 2.07 bits per heavy atom. The molecular weight excluding hydrogens is 198 g/mol. The van der Waals surface area contributed by atoms with Crippen molar-refractivity contribution < 1.29 is 9.47 Å². The average Bonchev–Trinajstić information content (AvgIpc) is 2.16. The maximum absolute atomic E-state index is 5.47. The van der Waals surface area contributed by atoms with Gasteiger partial charge >= 0.3 is 0 Å². The molecule has 0 radical (unpaired) electrons. The topological polar surface area (TPSA) is 44.5 Å². The predicted octanol–water partition coefficient (Wildman–Crippen LogP) is 1.53. The van der Waals surface area contributed by atoms with Crippen LogP contribution in [0, 0.1) is 0 Å². The number of ether oxygens (including phenoxy) is 2. The van der Waals surface area contributed by atoms with Gasteiger partial charge in [-0.05, 0) is 18.2 Å². The van der Waals surface area contributed by atoms with Gasteiger partial charge < -0.3 is 15.2 Å². The highest BCUT2D eigenvalue weighted by Gasteiger charge is 2.05. The molecule has 76 valence electrons. The molecule has 0 aliphatic carbocycles. The summed E-state index contributed by atoms with van der Waals surface area (Å²) in [6.45, 7) is 0. The lowest BCUT2D eigenvalue weighted by Crippen LogP contribution is -2.11. The monoisotopic (exact) mass is 211 g/mol. The van der Waals surface area contributed by atoms with E-state index < -0.39 is 0 Å². The Bertz CT molecular complexity index is 339. The van der Waals surface area contributed by atoms with Crippen LogP contribution in [0.4, 0.5) is 0 Å². The Hall–Kier alpha value is -1.29. The third-order valence-electron chi connectivity index (χ3n) is 1.85. The van der Waals surface area contributed by atoms with Crippen molar-refractivity contribution in [1.82, 2.24) is 0 Å². The summed E-state index contributed by atoms with van der Waals surface area (Å²) in [4.78, 5) is 0.441. The molecule has 0 amide bonds. The molecule has 1 rings (SSSR count). The van der Waals surface area contributed by atoms with Crippen molar-refractivity contribution in [2.24, 2.45) is 5.73 Å². The maximum atomic E-state index is 5.47. The zero-order valence-electron chi connectivity index (χ0n) is 8.24. The zero-order chi connectivity index (χ0) is 10.6. The van der Waals surface area contributed by atoms with Crippen molar-refractivity contribution in [3.05, 3.63) is 23.8 Å². The van der Waals surface area contributed by atoms with Crippen LogP contribution >= 0.6 is 12.2 Å². The first-order valence-corrected chi connectivity index (χ1v) is 4.57. The minimum absolute atomic E-state index is 0.441. The molecule has 0 spiro atoms. The number of thiocarbonyl (C=S) groups is 1. The van der Waals surface area contributed by atoms with E-state index in [1.807, 2.05) is 18.2 Å². The van der Waals surface area contributed by atoms with E-state index in [4.69, 9.17) is 27.4 Å². The molecule has 0 fully saturated rings. The minimum Gasteiger partial charge on any atom is -0.497 e. The lowest BCUT2D eigenvalue weighted by Gasteiger charge is -2.09. The van der Waals surface area contributed by atoms with E-state index in [1.165, 1.54) is 0 Å². The van der Waals surface area contributed by atoms with Crippen molar-refractivity contribution in [3.63, 3.8) is 0 Å². The van der Waals surface area contributed by atoms with Crippen LogP contribution in [0.2, 0.25) is 0 Å². The van der Waals surface area contributed by atoms with Crippen LogP contribution in [-0.4, -0.2) is 19.2 Å². The first-order valence-electron chi connectivity index (χ1n) is 4.16. The minimum atomic E-state index is 0.441. The SMILES string of the molecule is COc1ccc(OC)c(CC(N)=S)c1. The first kappa shape index (κ1) is 10.8. The van der Waals surface area contributed by atoms with Gasteiger partial charge in [-0.1, -0.05) is 12.2 Å². The zero-order valence-corrected chi connectivity index (χ0v) is 9.06. The second-order valence-electron chi connectivity index (χ2n) is 2.82. The molecule has 2 N–H and O–H groups in total. The number of hydrogen-bond donors (Lipinski definition) is 1. The van der Waals surface area contributed by atoms with Crippen LogP contribution in [-0.2, 0) is 6.42 Å². The van der Waals surface area contributed by atoms with Crippen LogP contribution in [0.1, 0.15) is 5.56 Å². The van der Waals surface area contributed by atoms with Crippen molar-refractivity contribution in [3.8, 4) is 11.5 Å². The van der Waals surface area contributed by atoms with E-state index in [2.05, 4.69) is 0 Å². The summed E-state index contributed by atoms with van der Waals surface area (Å²) in [5.41, 5.74) is 6.42. The Balaban J connectivity index is 3.01. The average molecular weight is 211 g/mol. The van der Waals surface area contributed by atoms with Crippen molar-refractivity contribution in [1.29, 1.82) is 0 Å².